The van der Waals surface area contributed by atoms with Gasteiger partial charge in [-0.15, -0.1) is 0 Å². The predicted octanol–water partition coefficient (Wildman–Crippen LogP) is 6.56. The van der Waals surface area contributed by atoms with E-state index >= 15 is 4.79 Å². The molecule has 0 fully saturated rings. The van der Waals surface area contributed by atoms with Crippen molar-refractivity contribution in [1.29, 1.82) is 0 Å². The molecule has 4 atom stereocenters. The van der Waals surface area contributed by atoms with E-state index in [4.69, 9.17) is 34.2 Å². The summed E-state index contributed by atoms with van der Waals surface area (Å²) in [7, 11) is -2.82. The number of nitrogens with two attached hydrogens (primary N) is 1. The van der Waals surface area contributed by atoms with Crippen molar-refractivity contribution in [2.45, 2.75) is 160 Å². The highest BCUT2D eigenvalue weighted by Gasteiger charge is 2.40. The number of aryl methyl sites for hydroxylation is 1. The molecule has 6 rings (SSSR count). The second-order valence-electron chi connectivity index (χ2n) is 25.6. The molecule has 0 heterocycles. The summed E-state index contributed by atoms with van der Waals surface area (Å²) in [5, 5.41) is 24.8. The van der Waals surface area contributed by atoms with E-state index in [0.717, 1.165) is 22.3 Å². The number of unbranched alkanes of at least 4 members (excludes halogenated alkanes) is 1. The molecule has 0 bridgehead atoms. The van der Waals surface area contributed by atoms with Crippen LogP contribution in [0.2, 0.25) is 0 Å². The van der Waals surface area contributed by atoms with Crippen molar-refractivity contribution >= 4 is 69.7 Å². The monoisotopic (exact) mass is 1390 g/mol. The first-order valence-electron chi connectivity index (χ1n) is 32.4. The fourth-order valence-corrected chi connectivity index (χ4v) is 12.2. The number of rotatable bonds is 34. The van der Waals surface area contributed by atoms with Crippen LogP contribution >= 0.6 is 0 Å². The Morgan fingerprint density at radius 3 is 1.66 bits per heavy atom. The fourth-order valence-electron chi connectivity index (χ4n) is 10.7. The van der Waals surface area contributed by atoms with Crippen molar-refractivity contribution in [1.82, 2.24) is 36.6 Å². The third-order valence-corrected chi connectivity index (χ3v) is 17.3. The van der Waals surface area contributed by atoms with Crippen LogP contribution in [-0.2, 0) is 80.5 Å². The molecule has 5 aromatic rings. The Balaban J connectivity index is 1.30. The van der Waals surface area contributed by atoms with Crippen molar-refractivity contribution in [2.75, 3.05) is 40.0 Å². The van der Waals surface area contributed by atoms with E-state index in [2.05, 4.69) is 41.6 Å². The Morgan fingerprint density at radius 1 is 0.596 bits per heavy atom. The number of sulfonamides is 1. The van der Waals surface area contributed by atoms with Gasteiger partial charge >= 0.3 is 30.1 Å². The summed E-state index contributed by atoms with van der Waals surface area (Å²) >= 11 is 0. The van der Waals surface area contributed by atoms with Crippen LogP contribution in [0.5, 0.6) is 5.75 Å². The van der Waals surface area contributed by atoms with E-state index in [9.17, 15) is 51.9 Å². The summed E-state index contributed by atoms with van der Waals surface area (Å²) in [5.74, 6) is -10.1. The molecule has 0 aliphatic heterocycles. The number of nitrogens with zero attached hydrogens (tertiary/aromatic N) is 1. The first-order chi connectivity index (χ1) is 46.8. The zero-order valence-corrected chi connectivity index (χ0v) is 58.3. The lowest BCUT2D eigenvalue weighted by Crippen LogP contribution is -2.60. The van der Waals surface area contributed by atoms with Gasteiger partial charge in [-0.25, -0.2) is 22.7 Å². The predicted molar refractivity (Wildman–Crippen MR) is 366 cm³/mol. The highest BCUT2D eigenvalue weighted by Crippen LogP contribution is 2.44. The molecular weight excluding hydrogens is 1300 g/mol. The lowest BCUT2D eigenvalue weighted by atomic mass is 9.98. The Morgan fingerprint density at radius 2 is 1.11 bits per heavy atom. The third kappa shape index (κ3) is 24.4. The number of carboxylic acid groups (broad SMARTS) is 1. The van der Waals surface area contributed by atoms with Gasteiger partial charge in [-0.05, 0) is 151 Å². The van der Waals surface area contributed by atoms with Gasteiger partial charge in [0.15, 0.2) is 5.92 Å². The van der Waals surface area contributed by atoms with Crippen LogP contribution < -0.4 is 47.1 Å². The van der Waals surface area contributed by atoms with E-state index in [0.29, 0.717) is 33.6 Å². The Kier molecular flexibility index (Phi) is 28.7. The van der Waals surface area contributed by atoms with Crippen LogP contribution in [0.3, 0.4) is 0 Å². The number of aliphatic imine (C=N–C) groups is 1. The van der Waals surface area contributed by atoms with Gasteiger partial charge in [-0.1, -0.05) is 109 Å². The number of carbonyl (C=O) groups excluding carboxylic acids is 8. The number of hydrogen-bond acceptors (Lipinski definition) is 18. The molecule has 0 radical (unpaired) electrons. The number of nitrogens with one attached hydrogen (secondary N) is 7. The molecule has 0 unspecified atom stereocenters. The standard InChI is InChI=1S/C71H91N9O18S/c1-43-36-58(93-10)44(2)45(3)60(43)99(91,92)80-67(72)73-35-23-33-54(61(83)75-38-59(81)82)76-62(84)55(32-21-22-34-74-68(89)98-71(7,8)9)77-64(86)57(42-97-70(4,5)6)78-63(85)56(79-69(90)96-41-53-50-30-19-17-28-48(50)49-29-18-20-31-51(49)53)37-52(65(87)94-39-46-24-13-11-14-25-46)66(88)95-40-47-26-15-12-16-27-47/h11-20,24-31,36,52-57H,21-23,32-35,37-42H2,1-10H3,(H,74,89)(H,75,83)(H,76,84)(H,77,86)(H,78,85)(H,79,90)(H,81,82)(H3,72,73,80)/t54-,55-,56-,57-/m0/s1. The molecule has 28 heteroatoms. The summed E-state index contributed by atoms with van der Waals surface area (Å²) < 4.78 is 63.5. The second-order valence-corrected chi connectivity index (χ2v) is 27.2. The van der Waals surface area contributed by atoms with Gasteiger partial charge in [0.05, 0.1) is 24.2 Å². The van der Waals surface area contributed by atoms with Gasteiger partial charge in [-0.2, -0.15) is 0 Å². The molecule has 10 N–H and O–H groups in total. The van der Waals surface area contributed by atoms with Gasteiger partial charge in [-0.3, -0.25) is 38.6 Å². The SMILES string of the molecule is COc1cc(C)c(S(=O)(=O)NC(N)=NCCC[C@H](NC(=O)[C@H](CCCCNC(=O)OC(C)(C)C)NC(=O)[C@H](COC(C)(C)C)NC(=O)[C@H](CC(C(=O)OCc2ccccc2)C(=O)OCc2ccccc2)NC(=O)OCC2c3ccccc3-c3ccccc32)C(=O)NCC(=O)O)c(C)c1C. The minimum absolute atomic E-state index is 0.0402. The average Bonchev–Trinajstić information content (AvgIpc) is 1.55. The molecule has 5 aromatic carbocycles. The topological polar surface area (TPSA) is 386 Å². The first-order valence-corrected chi connectivity index (χ1v) is 33.8. The van der Waals surface area contributed by atoms with Gasteiger partial charge in [0.1, 0.15) is 61.9 Å². The number of amides is 6. The minimum atomic E-state index is -4.28. The minimum Gasteiger partial charge on any atom is -0.496 e. The molecule has 27 nitrogen and oxygen atoms in total. The van der Waals surface area contributed by atoms with E-state index < -0.39 is 136 Å². The lowest BCUT2D eigenvalue weighted by Gasteiger charge is -2.29. The molecule has 534 valence electrons. The van der Waals surface area contributed by atoms with Gasteiger partial charge in [0.2, 0.25) is 29.6 Å². The van der Waals surface area contributed by atoms with Crippen LogP contribution in [0.15, 0.2) is 125 Å². The smallest absolute Gasteiger partial charge is 0.407 e. The number of esters is 2. The van der Waals surface area contributed by atoms with E-state index in [1.165, 1.54) is 7.11 Å². The molecule has 0 aromatic heterocycles. The molecule has 1 aliphatic carbocycles. The largest absolute Gasteiger partial charge is 0.496 e. The number of aliphatic carboxylic acids is 1. The van der Waals surface area contributed by atoms with Crippen LogP contribution in [0.4, 0.5) is 9.59 Å². The second kappa shape index (κ2) is 36.5. The number of hydrogen-bond donors (Lipinski definition) is 9. The summed E-state index contributed by atoms with van der Waals surface area (Å²) in [6.07, 6.45) is -2.83. The number of alkyl carbamates (subject to hydrolysis) is 2. The van der Waals surface area contributed by atoms with Crippen LogP contribution in [0.25, 0.3) is 11.1 Å². The van der Waals surface area contributed by atoms with Gasteiger partial charge in [0.25, 0.3) is 10.0 Å². The summed E-state index contributed by atoms with van der Waals surface area (Å²) in [5.41, 5.74) is 10.4. The molecule has 0 spiro atoms. The zero-order valence-electron chi connectivity index (χ0n) is 57.4. The maximum Gasteiger partial charge on any atom is 0.407 e. The van der Waals surface area contributed by atoms with Crippen LogP contribution in [0.1, 0.15) is 125 Å². The number of carboxylic acids is 1. The van der Waals surface area contributed by atoms with Crippen LogP contribution in [0, 0.1) is 26.7 Å². The van der Waals surface area contributed by atoms with E-state index in [1.54, 1.807) is 129 Å². The Hall–Kier alpha value is -10.1. The highest BCUT2D eigenvalue weighted by molar-refractivity contribution is 7.90. The van der Waals surface area contributed by atoms with Crippen molar-refractivity contribution in [2.24, 2.45) is 16.6 Å². The molecule has 99 heavy (non-hydrogen) atoms. The van der Waals surface area contributed by atoms with Crippen molar-refractivity contribution < 1.29 is 85.1 Å². The fraction of sp³-hybridized carbons (Fsp3) is 0.437. The van der Waals surface area contributed by atoms with E-state index in [1.807, 2.05) is 48.5 Å². The highest BCUT2D eigenvalue weighted by atomic mass is 32.2. The Labute approximate surface area is 576 Å². The normalized spacial score (nSPS) is 13.4. The van der Waals surface area contributed by atoms with Crippen molar-refractivity contribution in [3.63, 3.8) is 0 Å². The third-order valence-electron chi connectivity index (χ3n) is 15.7. The molecule has 6 amide bonds. The number of methoxy groups -OCH3 is 1. The number of ether oxygens (including phenoxy) is 6. The summed E-state index contributed by atoms with van der Waals surface area (Å²) in [4.78, 5) is 130. The number of fused-ring (bicyclic) bond motifs is 3. The quantitative estimate of drug-likeness (QED) is 0.00525. The number of guanidine groups is 1. The van der Waals surface area contributed by atoms with Crippen molar-refractivity contribution in [3.8, 4) is 16.9 Å². The van der Waals surface area contributed by atoms with E-state index in [-0.39, 0.29) is 69.9 Å². The number of benzene rings is 5. The van der Waals surface area contributed by atoms with Gasteiger partial charge < -0.3 is 71.2 Å². The maximum absolute atomic E-state index is 15.2. The maximum atomic E-state index is 15.2. The van der Waals surface area contributed by atoms with Crippen molar-refractivity contribution in [3.05, 3.63) is 154 Å². The zero-order chi connectivity index (χ0) is 72.6. The summed E-state index contributed by atoms with van der Waals surface area (Å²) in [6.45, 7) is 12.5. The first kappa shape index (κ1) is 77.9. The number of carbonyl (C=O) groups is 9. The van der Waals surface area contributed by atoms with Gasteiger partial charge in [0, 0.05) is 25.4 Å². The summed E-state index contributed by atoms with van der Waals surface area (Å²) in [6, 6.07) is 27.2. The molecule has 0 saturated heterocycles. The average molecular weight is 1390 g/mol. The lowest BCUT2D eigenvalue weighted by molar-refractivity contribution is -0.164. The molecule has 1 aliphatic rings. The Bertz CT molecular complexity index is 3700. The molecule has 0 saturated carbocycles. The van der Waals surface area contributed by atoms with Crippen LogP contribution in [-0.4, -0.2) is 149 Å². The molecular formula is C71H91N9O18S.